The molecule has 1 amide bonds. The Morgan fingerprint density at radius 2 is 1.95 bits per heavy atom. The number of rotatable bonds is 2. The van der Waals surface area contributed by atoms with E-state index in [4.69, 9.17) is 0 Å². The van der Waals surface area contributed by atoms with E-state index >= 15 is 0 Å². The number of nitrogens with zero attached hydrogens (tertiary/aromatic N) is 4. The number of hydrogen-bond acceptors (Lipinski definition) is 4. The topological polar surface area (TPSA) is 59.0 Å². The predicted molar refractivity (Wildman–Crippen MR) is 88.5 cm³/mol. The van der Waals surface area contributed by atoms with Crippen LogP contribution in [0.25, 0.3) is 22.2 Å². The summed E-state index contributed by atoms with van der Waals surface area (Å²) in [5.74, 6) is -0.0890. The van der Waals surface area contributed by atoms with Crippen LogP contribution in [0.1, 0.15) is 10.4 Å². The van der Waals surface area contributed by atoms with Crippen molar-refractivity contribution in [1.29, 1.82) is 0 Å². The van der Waals surface area contributed by atoms with E-state index in [9.17, 15) is 4.79 Å². The highest BCUT2D eigenvalue weighted by atomic mass is 79.9. The van der Waals surface area contributed by atoms with E-state index in [1.807, 2.05) is 18.2 Å². The van der Waals surface area contributed by atoms with Crippen LogP contribution in [0, 0.1) is 0 Å². The van der Waals surface area contributed by atoms with Gasteiger partial charge >= 0.3 is 0 Å². The Kier molecular flexibility index (Phi) is 3.85. The minimum atomic E-state index is -0.0890. The zero-order valence-electron chi connectivity index (χ0n) is 12.1. The van der Waals surface area contributed by atoms with Crippen molar-refractivity contribution in [2.75, 3.05) is 14.1 Å². The first-order chi connectivity index (χ1) is 10.6. The Balaban J connectivity index is 2.18. The number of carbonyl (C=O) groups is 1. The Bertz CT molecular complexity index is 864. The van der Waals surface area contributed by atoms with Gasteiger partial charge in [0.2, 0.25) is 0 Å². The van der Waals surface area contributed by atoms with Gasteiger partial charge in [0.15, 0.2) is 0 Å². The van der Waals surface area contributed by atoms with Gasteiger partial charge in [-0.1, -0.05) is 15.9 Å². The SMILES string of the molecule is CN(C)C(=O)c1cncc(-c2ncnc3ccc(Br)cc23)c1. The summed E-state index contributed by atoms with van der Waals surface area (Å²) >= 11 is 3.46. The largest absolute Gasteiger partial charge is 0.345 e. The lowest BCUT2D eigenvalue weighted by Gasteiger charge is -2.11. The molecular weight excluding hydrogens is 344 g/mol. The van der Waals surface area contributed by atoms with Gasteiger partial charge in [0, 0.05) is 41.9 Å². The second kappa shape index (κ2) is 5.81. The first kappa shape index (κ1) is 14.6. The monoisotopic (exact) mass is 356 g/mol. The van der Waals surface area contributed by atoms with Crippen LogP contribution in [-0.2, 0) is 0 Å². The molecule has 0 saturated heterocycles. The molecular formula is C16H13BrN4O. The van der Waals surface area contributed by atoms with Crippen molar-refractivity contribution in [1.82, 2.24) is 19.9 Å². The average molecular weight is 357 g/mol. The fourth-order valence-electron chi connectivity index (χ4n) is 2.20. The first-order valence-electron chi connectivity index (χ1n) is 6.63. The maximum absolute atomic E-state index is 12.1. The molecule has 0 unspecified atom stereocenters. The lowest BCUT2D eigenvalue weighted by Crippen LogP contribution is -2.21. The van der Waals surface area contributed by atoms with Crippen molar-refractivity contribution >= 4 is 32.7 Å². The summed E-state index contributed by atoms with van der Waals surface area (Å²) in [6, 6.07) is 7.62. The molecule has 1 aromatic carbocycles. The van der Waals surface area contributed by atoms with E-state index in [0.717, 1.165) is 26.6 Å². The van der Waals surface area contributed by atoms with Crippen molar-refractivity contribution in [3.05, 3.63) is 53.0 Å². The van der Waals surface area contributed by atoms with Gasteiger partial charge in [0.1, 0.15) is 6.33 Å². The van der Waals surface area contributed by atoms with Gasteiger partial charge in [0.05, 0.1) is 16.8 Å². The van der Waals surface area contributed by atoms with Gasteiger partial charge in [-0.3, -0.25) is 9.78 Å². The highest BCUT2D eigenvalue weighted by Crippen LogP contribution is 2.27. The third-order valence-electron chi connectivity index (χ3n) is 3.26. The number of amides is 1. The minimum absolute atomic E-state index is 0.0890. The van der Waals surface area contributed by atoms with Gasteiger partial charge in [0.25, 0.3) is 5.91 Å². The predicted octanol–water partition coefficient (Wildman–Crippen LogP) is 3.16. The number of pyridine rings is 1. The number of benzene rings is 1. The highest BCUT2D eigenvalue weighted by Gasteiger charge is 2.12. The number of halogens is 1. The Hall–Kier alpha value is -2.34. The van der Waals surface area contributed by atoms with E-state index in [1.165, 1.54) is 11.2 Å². The molecule has 2 aromatic heterocycles. The second-order valence-corrected chi connectivity index (χ2v) is 5.96. The van der Waals surface area contributed by atoms with Gasteiger partial charge < -0.3 is 4.90 Å². The van der Waals surface area contributed by atoms with E-state index in [1.54, 1.807) is 32.6 Å². The van der Waals surface area contributed by atoms with Crippen molar-refractivity contribution in [3.63, 3.8) is 0 Å². The summed E-state index contributed by atoms with van der Waals surface area (Å²) in [6.07, 6.45) is 4.78. The molecule has 0 saturated carbocycles. The van der Waals surface area contributed by atoms with E-state index < -0.39 is 0 Å². The third kappa shape index (κ3) is 2.69. The molecule has 6 heteroatoms. The van der Waals surface area contributed by atoms with Crippen LogP contribution in [0.3, 0.4) is 0 Å². The molecule has 0 aliphatic carbocycles. The molecule has 0 N–H and O–H groups in total. The molecule has 0 spiro atoms. The quantitative estimate of drug-likeness (QED) is 0.707. The Morgan fingerprint density at radius 3 is 2.73 bits per heavy atom. The van der Waals surface area contributed by atoms with Crippen LogP contribution < -0.4 is 0 Å². The zero-order chi connectivity index (χ0) is 15.7. The number of aromatic nitrogens is 3. The molecule has 2 heterocycles. The molecule has 0 aliphatic heterocycles. The smallest absolute Gasteiger partial charge is 0.254 e. The van der Waals surface area contributed by atoms with Crippen molar-refractivity contribution in [3.8, 4) is 11.3 Å². The molecule has 0 bridgehead atoms. The van der Waals surface area contributed by atoms with Crippen molar-refractivity contribution < 1.29 is 4.79 Å². The number of fused-ring (bicyclic) bond motifs is 1. The summed E-state index contributed by atoms with van der Waals surface area (Å²) in [5, 5.41) is 0.910. The molecule has 0 radical (unpaired) electrons. The van der Waals surface area contributed by atoms with Crippen molar-refractivity contribution in [2.24, 2.45) is 0 Å². The van der Waals surface area contributed by atoms with Crippen LogP contribution in [0.2, 0.25) is 0 Å². The summed E-state index contributed by atoms with van der Waals surface area (Å²) < 4.78 is 0.949. The van der Waals surface area contributed by atoms with Crippen LogP contribution in [-0.4, -0.2) is 39.9 Å². The summed E-state index contributed by atoms with van der Waals surface area (Å²) in [6.45, 7) is 0. The molecule has 3 aromatic rings. The minimum Gasteiger partial charge on any atom is -0.345 e. The van der Waals surface area contributed by atoms with E-state index in [2.05, 4.69) is 30.9 Å². The third-order valence-corrected chi connectivity index (χ3v) is 3.76. The lowest BCUT2D eigenvalue weighted by molar-refractivity contribution is 0.0827. The maximum atomic E-state index is 12.1. The molecule has 0 aliphatic rings. The molecule has 110 valence electrons. The van der Waals surface area contributed by atoms with Crippen LogP contribution in [0.5, 0.6) is 0 Å². The van der Waals surface area contributed by atoms with E-state index in [-0.39, 0.29) is 5.91 Å². The van der Waals surface area contributed by atoms with Gasteiger partial charge in [-0.05, 0) is 24.3 Å². The number of hydrogen-bond donors (Lipinski definition) is 0. The fraction of sp³-hybridized carbons (Fsp3) is 0.125. The van der Waals surface area contributed by atoms with Gasteiger partial charge in [-0.2, -0.15) is 0 Å². The molecule has 0 fully saturated rings. The first-order valence-corrected chi connectivity index (χ1v) is 7.43. The Morgan fingerprint density at radius 1 is 1.14 bits per heavy atom. The molecule has 22 heavy (non-hydrogen) atoms. The fourth-order valence-corrected chi connectivity index (χ4v) is 2.56. The summed E-state index contributed by atoms with van der Waals surface area (Å²) in [4.78, 5) is 26.4. The maximum Gasteiger partial charge on any atom is 0.254 e. The van der Waals surface area contributed by atoms with Crippen LogP contribution in [0.15, 0.2) is 47.5 Å². The molecule has 5 nitrogen and oxygen atoms in total. The Labute approximate surface area is 136 Å². The normalized spacial score (nSPS) is 10.7. The van der Waals surface area contributed by atoms with Gasteiger partial charge in [-0.15, -0.1) is 0 Å². The number of carbonyl (C=O) groups excluding carboxylic acids is 1. The van der Waals surface area contributed by atoms with Crippen molar-refractivity contribution in [2.45, 2.75) is 0 Å². The average Bonchev–Trinajstić information content (AvgIpc) is 2.53. The molecule has 3 rings (SSSR count). The standard InChI is InChI=1S/C16H13BrN4O/c1-21(2)16(22)11-5-10(7-18-8-11)15-13-6-12(17)3-4-14(13)19-9-20-15/h3-9H,1-2H3. The van der Waals surface area contributed by atoms with Crippen LogP contribution >= 0.6 is 15.9 Å². The summed E-state index contributed by atoms with van der Waals surface area (Å²) in [7, 11) is 3.43. The highest BCUT2D eigenvalue weighted by molar-refractivity contribution is 9.10. The second-order valence-electron chi connectivity index (χ2n) is 5.05. The molecule has 0 atom stereocenters. The lowest BCUT2D eigenvalue weighted by atomic mass is 10.1. The summed E-state index contributed by atoms with van der Waals surface area (Å²) in [5.41, 5.74) is 2.92. The van der Waals surface area contributed by atoms with Gasteiger partial charge in [-0.25, -0.2) is 9.97 Å². The van der Waals surface area contributed by atoms with E-state index in [0.29, 0.717) is 5.56 Å². The van der Waals surface area contributed by atoms with Crippen LogP contribution in [0.4, 0.5) is 0 Å². The zero-order valence-corrected chi connectivity index (χ0v) is 13.7.